The zero-order valence-electron chi connectivity index (χ0n) is 13.1. The summed E-state index contributed by atoms with van der Waals surface area (Å²) in [5, 5.41) is 3.35. The molecule has 1 N–H and O–H groups in total. The first kappa shape index (κ1) is 19.4. The SMILES string of the molecule is CCOC(=O)c1cccc(OCC(=O)Nc2c(Cl)cc(Cl)cc2Cl)c1. The second-order valence-electron chi connectivity index (χ2n) is 4.83. The van der Waals surface area contributed by atoms with Crippen molar-refractivity contribution in [3.63, 3.8) is 0 Å². The molecule has 8 heteroatoms. The van der Waals surface area contributed by atoms with Gasteiger partial charge >= 0.3 is 5.97 Å². The maximum atomic E-state index is 12.0. The fraction of sp³-hybridized carbons (Fsp3) is 0.176. The predicted molar refractivity (Wildman–Crippen MR) is 98.0 cm³/mol. The second kappa shape index (κ2) is 8.94. The first-order chi connectivity index (χ1) is 11.9. The molecule has 0 bridgehead atoms. The van der Waals surface area contributed by atoms with E-state index in [1.54, 1.807) is 25.1 Å². The van der Waals surface area contributed by atoms with Crippen molar-refractivity contribution in [2.24, 2.45) is 0 Å². The summed E-state index contributed by atoms with van der Waals surface area (Å²) in [6, 6.07) is 9.28. The lowest BCUT2D eigenvalue weighted by molar-refractivity contribution is -0.118. The van der Waals surface area contributed by atoms with Crippen LogP contribution in [0.5, 0.6) is 5.75 Å². The largest absolute Gasteiger partial charge is 0.484 e. The number of amides is 1. The number of ether oxygens (including phenoxy) is 2. The van der Waals surface area contributed by atoms with Crippen molar-refractivity contribution in [3.05, 3.63) is 57.0 Å². The van der Waals surface area contributed by atoms with Gasteiger partial charge in [0.15, 0.2) is 6.61 Å². The van der Waals surface area contributed by atoms with E-state index in [-0.39, 0.29) is 28.9 Å². The molecule has 0 aromatic heterocycles. The zero-order chi connectivity index (χ0) is 18.4. The van der Waals surface area contributed by atoms with Crippen molar-refractivity contribution in [1.29, 1.82) is 0 Å². The fourth-order valence-corrected chi connectivity index (χ4v) is 2.82. The molecule has 0 aliphatic rings. The molecule has 0 spiro atoms. The Morgan fingerprint density at radius 2 is 1.76 bits per heavy atom. The lowest BCUT2D eigenvalue weighted by Gasteiger charge is -2.11. The Labute approximate surface area is 159 Å². The van der Waals surface area contributed by atoms with Crippen LogP contribution in [0.1, 0.15) is 17.3 Å². The van der Waals surface area contributed by atoms with E-state index in [4.69, 9.17) is 44.3 Å². The van der Waals surface area contributed by atoms with Gasteiger partial charge in [-0.25, -0.2) is 4.79 Å². The molecule has 0 aliphatic heterocycles. The molecule has 0 radical (unpaired) electrons. The molecule has 0 saturated carbocycles. The summed E-state index contributed by atoms with van der Waals surface area (Å²) in [5.41, 5.74) is 0.588. The third kappa shape index (κ3) is 5.53. The Morgan fingerprint density at radius 1 is 1.08 bits per heavy atom. The number of anilines is 1. The molecule has 0 saturated heterocycles. The van der Waals surface area contributed by atoms with E-state index in [2.05, 4.69) is 5.32 Å². The van der Waals surface area contributed by atoms with E-state index in [1.807, 2.05) is 0 Å². The highest BCUT2D eigenvalue weighted by Crippen LogP contribution is 2.33. The number of carbonyl (C=O) groups is 2. The van der Waals surface area contributed by atoms with E-state index < -0.39 is 11.9 Å². The second-order valence-corrected chi connectivity index (χ2v) is 6.08. The molecule has 0 fully saturated rings. The van der Waals surface area contributed by atoms with Crippen LogP contribution in [0.4, 0.5) is 5.69 Å². The maximum absolute atomic E-state index is 12.0. The molecule has 132 valence electrons. The highest BCUT2D eigenvalue weighted by atomic mass is 35.5. The molecule has 0 unspecified atom stereocenters. The number of halogens is 3. The Balaban J connectivity index is 1.99. The summed E-state index contributed by atoms with van der Waals surface area (Å²) in [6.45, 7) is 1.70. The van der Waals surface area contributed by atoms with Crippen molar-refractivity contribution in [1.82, 2.24) is 0 Å². The molecule has 0 aliphatic carbocycles. The molecule has 1 amide bonds. The Morgan fingerprint density at radius 3 is 2.40 bits per heavy atom. The highest BCUT2D eigenvalue weighted by Gasteiger charge is 2.13. The lowest BCUT2D eigenvalue weighted by Crippen LogP contribution is -2.20. The minimum absolute atomic E-state index is 0.218. The molecule has 2 aromatic carbocycles. The van der Waals surface area contributed by atoms with Crippen LogP contribution in [-0.2, 0) is 9.53 Å². The third-order valence-electron chi connectivity index (χ3n) is 2.99. The van der Waals surface area contributed by atoms with Crippen LogP contribution in [0.2, 0.25) is 15.1 Å². The van der Waals surface area contributed by atoms with Gasteiger partial charge in [0.25, 0.3) is 5.91 Å². The molecule has 0 atom stereocenters. The van der Waals surface area contributed by atoms with E-state index >= 15 is 0 Å². The fourth-order valence-electron chi connectivity index (χ4n) is 1.91. The van der Waals surface area contributed by atoms with Crippen LogP contribution < -0.4 is 10.1 Å². The first-order valence-electron chi connectivity index (χ1n) is 7.25. The molecular weight excluding hydrogens is 389 g/mol. The average Bonchev–Trinajstić information content (AvgIpc) is 2.56. The summed E-state index contributed by atoms with van der Waals surface area (Å²) in [6.07, 6.45) is 0. The van der Waals surface area contributed by atoms with Gasteiger partial charge < -0.3 is 14.8 Å². The summed E-state index contributed by atoms with van der Waals surface area (Å²) in [7, 11) is 0. The summed E-state index contributed by atoms with van der Waals surface area (Å²) >= 11 is 17.8. The monoisotopic (exact) mass is 401 g/mol. The van der Waals surface area contributed by atoms with Crippen LogP contribution in [0, 0.1) is 0 Å². The number of benzene rings is 2. The minimum Gasteiger partial charge on any atom is -0.484 e. The average molecular weight is 403 g/mol. The molecule has 2 rings (SSSR count). The minimum atomic E-state index is -0.465. The van der Waals surface area contributed by atoms with Crippen molar-refractivity contribution in [2.75, 3.05) is 18.5 Å². The van der Waals surface area contributed by atoms with Crippen molar-refractivity contribution >= 4 is 52.4 Å². The van der Waals surface area contributed by atoms with Gasteiger partial charge in [-0.05, 0) is 37.3 Å². The molecule has 5 nitrogen and oxygen atoms in total. The number of nitrogens with one attached hydrogen (secondary N) is 1. The third-order valence-corrected chi connectivity index (χ3v) is 3.80. The van der Waals surface area contributed by atoms with E-state index in [0.717, 1.165) is 0 Å². The Kier molecular flexibility index (Phi) is 6.93. The highest BCUT2D eigenvalue weighted by molar-refractivity contribution is 6.42. The summed E-state index contributed by atoms with van der Waals surface area (Å²) in [4.78, 5) is 23.7. The normalized spacial score (nSPS) is 10.2. The smallest absolute Gasteiger partial charge is 0.338 e. The van der Waals surface area contributed by atoms with Gasteiger partial charge in [0.05, 0.1) is 27.9 Å². The topological polar surface area (TPSA) is 64.6 Å². The van der Waals surface area contributed by atoms with Gasteiger partial charge in [0.1, 0.15) is 5.75 Å². The van der Waals surface area contributed by atoms with Gasteiger partial charge in [0, 0.05) is 5.02 Å². The number of carbonyl (C=O) groups excluding carboxylic acids is 2. The van der Waals surface area contributed by atoms with Gasteiger partial charge in [-0.1, -0.05) is 40.9 Å². The van der Waals surface area contributed by atoms with Gasteiger partial charge in [0.2, 0.25) is 0 Å². The van der Waals surface area contributed by atoms with Crippen molar-refractivity contribution in [2.45, 2.75) is 6.92 Å². The Bertz CT molecular complexity index is 772. The summed E-state index contributed by atoms with van der Waals surface area (Å²) in [5.74, 6) is -0.571. The van der Waals surface area contributed by atoms with E-state index in [9.17, 15) is 9.59 Å². The van der Waals surface area contributed by atoms with E-state index in [0.29, 0.717) is 16.3 Å². The predicted octanol–water partition coefficient (Wildman–Crippen LogP) is 4.84. The lowest BCUT2D eigenvalue weighted by atomic mass is 10.2. The van der Waals surface area contributed by atoms with Crippen LogP contribution >= 0.6 is 34.8 Å². The van der Waals surface area contributed by atoms with Crippen LogP contribution in [-0.4, -0.2) is 25.1 Å². The standard InChI is InChI=1S/C17H14Cl3NO4/c1-2-24-17(23)10-4-3-5-12(6-10)25-9-15(22)21-16-13(19)7-11(18)8-14(16)20/h3-8H,2,9H2,1H3,(H,21,22). The van der Waals surface area contributed by atoms with Crippen LogP contribution in [0.15, 0.2) is 36.4 Å². The summed E-state index contributed by atoms with van der Waals surface area (Å²) < 4.78 is 10.3. The van der Waals surface area contributed by atoms with Crippen LogP contribution in [0.3, 0.4) is 0 Å². The number of rotatable bonds is 6. The van der Waals surface area contributed by atoms with E-state index in [1.165, 1.54) is 18.2 Å². The van der Waals surface area contributed by atoms with Crippen molar-refractivity contribution in [3.8, 4) is 5.75 Å². The van der Waals surface area contributed by atoms with Gasteiger partial charge in [-0.2, -0.15) is 0 Å². The molecular formula is C17H14Cl3NO4. The zero-order valence-corrected chi connectivity index (χ0v) is 15.4. The van der Waals surface area contributed by atoms with Gasteiger partial charge in [-0.15, -0.1) is 0 Å². The Hall–Kier alpha value is -1.95. The molecule has 0 heterocycles. The quantitative estimate of drug-likeness (QED) is 0.702. The van der Waals surface area contributed by atoms with Crippen molar-refractivity contribution < 1.29 is 19.1 Å². The first-order valence-corrected chi connectivity index (χ1v) is 8.38. The van der Waals surface area contributed by atoms with Gasteiger partial charge in [-0.3, -0.25) is 4.79 Å². The maximum Gasteiger partial charge on any atom is 0.338 e. The molecule has 2 aromatic rings. The number of hydrogen-bond donors (Lipinski definition) is 1. The number of hydrogen-bond acceptors (Lipinski definition) is 4. The number of esters is 1. The molecule has 25 heavy (non-hydrogen) atoms. The van der Waals surface area contributed by atoms with Crippen LogP contribution in [0.25, 0.3) is 0 Å².